The van der Waals surface area contributed by atoms with Crippen LogP contribution in [0.4, 0.5) is 40.8 Å². The zero-order valence-electron chi connectivity index (χ0n) is 15.5. The van der Waals surface area contributed by atoms with E-state index >= 15 is 0 Å². The van der Waals surface area contributed by atoms with Crippen LogP contribution in [0.1, 0.15) is 10.4 Å². The molecule has 1 N–H and O–H groups in total. The molecule has 0 spiro atoms. The van der Waals surface area contributed by atoms with E-state index in [0.29, 0.717) is 4.88 Å². The predicted molar refractivity (Wildman–Crippen MR) is 107 cm³/mol. The lowest BCUT2D eigenvalue weighted by molar-refractivity contribution is -0.274. The van der Waals surface area contributed by atoms with Gasteiger partial charge in [0.2, 0.25) is 0 Å². The fourth-order valence-electron chi connectivity index (χ4n) is 2.47. The minimum absolute atomic E-state index is 0.0276. The molecule has 0 amide bonds. The molecule has 3 rings (SSSR count). The highest BCUT2D eigenvalue weighted by Gasteiger charge is 2.34. The van der Waals surface area contributed by atoms with Crippen molar-refractivity contribution in [2.24, 2.45) is 0 Å². The average molecular weight is 584 g/mol. The number of aromatic nitrogens is 1. The van der Waals surface area contributed by atoms with Gasteiger partial charge in [-0.05, 0) is 34.1 Å². The van der Waals surface area contributed by atoms with E-state index in [1.54, 1.807) is 0 Å². The van der Waals surface area contributed by atoms with Gasteiger partial charge in [-0.1, -0.05) is 11.6 Å². The van der Waals surface area contributed by atoms with Crippen LogP contribution in [0.25, 0.3) is 0 Å². The number of benzene rings is 2. The molecule has 178 valence electrons. The van der Waals surface area contributed by atoms with Gasteiger partial charge in [-0.15, -0.1) is 24.5 Å². The van der Waals surface area contributed by atoms with E-state index in [1.807, 2.05) is 0 Å². The highest BCUT2D eigenvalue weighted by Crippen LogP contribution is 2.43. The molecule has 0 radical (unpaired) electrons. The maximum absolute atomic E-state index is 14.3. The maximum Gasteiger partial charge on any atom is 0.573 e. The van der Waals surface area contributed by atoms with Crippen molar-refractivity contribution in [3.8, 4) is 17.2 Å². The Kier molecular flexibility index (Phi) is 7.29. The Morgan fingerprint density at radius 2 is 1.64 bits per heavy atom. The number of nitrogens with zero attached hydrogens (tertiary/aromatic N) is 1. The Morgan fingerprint density at radius 3 is 2.15 bits per heavy atom. The average Bonchev–Trinajstić information content (AvgIpc) is 3.07. The maximum atomic E-state index is 14.3. The first kappa shape index (κ1) is 25.3. The molecule has 0 bridgehead atoms. The predicted octanol–water partition coefficient (Wildman–Crippen LogP) is 8.16. The van der Waals surface area contributed by atoms with E-state index in [2.05, 4.69) is 31.0 Å². The van der Waals surface area contributed by atoms with E-state index in [0.717, 1.165) is 23.5 Å². The number of thiazole rings is 1. The summed E-state index contributed by atoms with van der Waals surface area (Å²) in [6.07, 6.45) is -8.68. The van der Waals surface area contributed by atoms with Crippen LogP contribution < -0.4 is 14.8 Å². The third-order valence-corrected chi connectivity index (χ3v) is 5.46. The first-order valence-corrected chi connectivity index (χ1v) is 10.4. The van der Waals surface area contributed by atoms with Crippen molar-refractivity contribution in [3.05, 3.63) is 61.5 Å². The molecule has 1 aromatic heterocycles. The van der Waals surface area contributed by atoms with Crippen LogP contribution in [0.3, 0.4) is 0 Å². The van der Waals surface area contributed by atoms with E-state index in [4.69, 9.17) is 16.3 Å². The molecule has 4 nitrogen and oxygen atoms in total. The number of anilines is 1. The fraction of sp³-hybridized carbons (Fsp3) is 0.167. The minimum atomic E-state index is -5.05. The molecule has 0 saturated heterocycles. The summed E-state index contributed by atoms with van der Waals surface area (Å²) < 4.78 is 114. The summed E-state index contributed by atoms with van der Waals surface area (Å²) in [4.78, 5) is 4.33. The monoisotopic (exact) mass is 582 g/mol. The van der Waals surface area contributed by atoms with Crippen LogP contribution in [-0.2, 0) is 12.7 Å². The molecule has 0 aliphatic rings. The van der Waals surface area contributed by atoms with Gasteiger partial charge in [-0.25, -0.2) is 13.8 Å². The van der Waals surface area contributed by atoms with Gasteiger partial charge in [0.15, 0.2) is 27.6 Å². The number of hydrogen-bond acceptors (Lipinski definition) is 5. The van der Waals surface area contributed by atoms with Gasteiger partial charge in [0.1, 0.15) is 5.75 Å². The molecule has 0 aliphatic heterocycles. The summed E-state index contributed by atoms with van der Waals surface area (Å²) in [6.45, 7) is -0.0410. The molecule has 15 heteroatoms. The SMILES string of the molecule is Fc1cc(C(F)(F)F)cc(F)c1Oc1c(Br)cc(OC(F)(F)F)cc1NCc1cnc(Cl)s1. The third kappa shape index (κ3) is 6.60. The van der Waals surface area contributed by atoms with Gasteiger partial charge in [-0.3, -0.25) is 0 Å². The van der Waals surface area contributed by atoms with E-state index in [-0.39, 0.29) is 33.3 Å². The van der Waals surface area contributed by atoms with Crippen LogP contribution in [0.2, 0.25) is 4.47 Å². The Labute approximate surface area is 197 Å². The first-order valence-electron chi connectivity index (χ1n) is 8.40. The van der Waals surface area contributed by atoms with Crippen molar-refractivity contribution in [2.75, 3.05) is 5.32 Å². The lowest BCUT2D eigenvalue weighted by Crippen LogP contribution is -2.17. The third-order valence-electron chi connectivity index (χ3n) is 3.76. The Hall–Kier alpha value is -2.32. The van der Waals surface area contributed by atoms with Gasteiger partial charge >= 0.3 is 12.5 Å². The van der Waals surface area contributed by atoms with E-state index in [9.17, 15) is 35.1 Å². The number of nitrogens with one attached hydrogen (secondary N) is 1. The van der Waals surface area contributed by atoms with Crippen LogP contribution in [0.5, 0.6) is 17.2 Å². The van der Waals surface area contributed by atoms with Gasteiger partial charge in [0.25, 0.3) is 0 Å². The largest absolute Gasteiger partial charge is 0.573 e. The summed E-state index contributed by atoms with van der Waals surface area (Å²) in [5, 5.41) is 2.69. The topological polar surface area (TPSA) is 43.4 Å². The fourth-order valence-corrected chi connectivity index (χ4v) is 3.90. The Morgan fingerprint density at radius 1 is 1.00 bits per heavy atom. The number of halogens is 10. The highest BCUT2D eigenvalue weighted by atomic mass is 79.9. The minimum Gasteiger partial charge on any atom is -0.448 e. The molecule has 3 aromatic rings. The van der Waals surface area contributed by atoms with Crippen molar-refractivity contribution in [1.29, 1.82) is 0 Å². The Bertz CT molecular complexity index is 1150. The molecular formula is C18H8BrClF8N2O2S. The number of alkyl halides is 6. The lowest BCUT2D eigenvalue weighted by atomic mass is 10.2. The zero-order chi connectivity index (χ0) is 24.6. The normalized spacial score (nSPS) is 12.1. The molecule has 0 fully saturated rings. The second-order valence-corrected chi connectivity index (χ2v) is 8.68. The molecule has 33 heavy (non-hydrogen) atoms. The number of ether oxygens (including phenoxy) is 2. The van der Waals surface area contributed by atoms with Crippen molar-refractivity contribution in [1.82, 2.24) is 4.98 Å². The van der Waals surface area contributed by atoms with Crippen molar-refractivity contribution in [3.63, 3.8) is 0 Å². The van der Waals surface area contributed by atoms with Crippen molar-refractivity contribution >= 4 is 44.6 Å². The quantitative estimate of drug-likeness (QED) is 0.298. The zero-order valence-corrected chi connectivity index (χ0v) is 18.7. The van der Waals surface area contributed by atoms with E-state index < -0.39 is 47.0 Å². The van der Waals surface area contributed by atoms with Crippen molar-refractivity contribution in [2.45, 2.75) is 19.1 Å². The van der Waals surface area contributed by atoms with Crippen molar-refractivity contribution < 1.29 is 44.6 Å². The standard InChI is InChI=1S/C18H8BrClF8N2O2S/c19-10-3-8(32-18(26,27)28)4-13(29-5-9-6-30-16(20)33-9)14(10)31-15-11(21)1-7(2-12(15)22)17(23,24)25/h1-4,6,29H,5H2. The van der Waals surface area contributed by atoms with Gasteiger partial charge in [0, 0.05) is 17.1 Å². The number of hydrogen-bond donors (Lipinski definition) is 1. The molecule has 0 aliphatic carbocycles. The molecule has 0 saturated carbocycles. The highest BCUT2D eigenvalue weighted by molar-refractivity contribution is 9.10. The Balaban J connectivity index is 2.01. The molecule has 2 aromatic carbocycles. The molecular weight excluding hydrogens is 576 g/mol. The van der Waals surface area contributed by atoms with Gasteiger partial charge in [0.05, 0.1) is 22.3 Å². The molecule has 0 atom stereocenters. The van der Waals surface area contributed by atoms with Crippen LogP contribution >= 0.6 is 38.9 Å². The number of rotatable bonds is 6. The summed E-state index contributed by atoms with van der Waals surface area (Å²) in [7, 11) is 0. The van der Waals surface area contributed by atoms with Gasteiger partial charge < -0.3 is 14.8 Å². The van der Waals surface area contributed by atoms with Crippen LogP contribution in [0, 0.1) is 11.6 Å². The molecule has 0 unspecified atom stereocenters. The molecule has 1 heterocycles. The summed E-state index contributed by atoms with van der Waals surface area (Å²) in [5.74, 6) is -5.68. The summed E-state index contributed by atoms with van der Waals surface area (Å²) >= 11 is 9.69. The summed E-state index contributed by atoms with van der Waals surface area (Å²) in [5.41, 5.74) is -1.81. The van der Waals surface area contributed by atoms with E-state index in [1.165, 1.54) is 6.20 Å². The van der Waals surface area contributed by atoms with Crippen LogP contribution in [-0.4, -0.2) is 11.3 Å². The van der Waals surface area contributed by atoms with Gasteiger partial charge in [-0.2, -0.15) is 13.2 Å². The summed E-state index contributed by atoms with van der Waals surface area (Å²) in [6, 6.07) is 1.69. The first-order chi connectivity index (χ1) is 15.2. The second-order valence-electron chi connectivity index (χ2n) is 6.13. The smallest absolute Gasteiger partial charge is 0.448 e. The second kappa shape index (κ2) is 9.50. The lowest BCUT2D eigenvalue weighted by Gasteiger charge is -2.18. The van der Waals surface area contributed by atoms with Crippen LogP contribution in [0.15, 0.2) is 34.9 Å².